The number of H-pyrrole nitrogens is 1. The third-order valence-electron chi connectivity index (χ3n) is 6.38. The lowest BCUT2D eigenvalue weighted by Gasteiger charge is -2.34. The molecule has 4 heterocycles. The second-order valence-corrected chi connectivity index (χ2v) is 10.6. The van der Waals surface area contributed by atoms with Crippen LogP contribution in [0, 0.1) is 6.92 Å². The number of hydrogen-bond donors (Lipinski definition) is 1. The van der Waals surface area contributed by atoms with Crippen molar-refractivity contribution in [3.8, 4) is 11.3 Å². The molecular weight excluding hydrogens is 442 g/mol. The van der Waals surface area contributed by atoms with Crippen molar-refractivity contribution in [1.82, 2.24) is 24.5 Å². The molecule has 0 unspecified atom stereocenters. The van der Waals surface area contributed by atoms with Crippen LogP contribution in [-0.2, 0) is 9.47 Å². The molecule has 0 bridgehead atoms. The Morgan fingerprint density at radius 3 is 2.80 bits per heavy atom. The van der Waals surface area contributed by atoms with E-state index in [0.29, 0.717) is 25.6 Å². The molecule has 0 saturated carbocycles. The van der Waals surface area contributed by atoms with Gasteiger partial charge in [-0.25, -0.2) is 14.3 Å². The number of carbonyl (C=O) groups excluding carboxylic acids is 1. The molecule has 1 aromatic carbocycles. The van der Waals surface area contributed by atoms with Crippen molar-refractivity contribution in [2.75, 3.05) is 19.7 Å². The highest BCUT2D eigenvalue weighted by Gasteiger charge is 2.29. The van der Waals surface area contributed by atoms with Gasteiger partial charge in [-0.15, -0.1) is 0 Å². The Bertz CT molecular complexity index is 1400. The van der Waals surface area contributed by atoms with Gasteiger partial charge in [0, 0.05) is 29.2 Å². The van der Waals surface area contributed by atoms with Gasteiger partial charge in [-0.1, -0.05) is 19.9 Å². The number of aromatic nitrogens is 4. The molecular formula is C27H33N5O3. The summed E-state index contributed by atoms with van der Waals surface area (Å²) in [5.74, 6) is 0.297. The number of hydrogen-bond acceptors (Lipinski definition) is 5. The maximum Gasteiger partial charge on any atom is 0.410 e. The Hall–Kier alpha value is -3.39. The number of aromatic amines is 1. The Labute approximate surface area is 205 Å². The molecule has 1 N–H and O–H groups in total. The molecule has 35 heavy (non-hydrogen) atoms. The van der Waals surface area contributed by atoms with Crippen molar-refractivity contribution in [2.45, 2.75) is 59.2 Å². The zero-order valence-corrected chi connectivity index (χ0v) is 21.3. The van der Waals surface area contributed by atoms with Crippen LogP contribution in [0.1, 0.15) is 63.3 Å². The molecule has 8 heteroatoms. The van der Waals surface area contributed by atoms with E-state index in [-0.39, 0.29) is 12.2 Å². The zero-order valence-electron chi connectivity index (χ0n) is 21.3. The molecule has 0 aliphatic carbocycles. The average Bonchev–Trinajstić information content (AvgIpc) is 3.42. The van der Waals surface area contributed by atoms with Crippen LogP contribution in [0.15, 0.2) is 36.8 Å². The van der Waals surface area contributed by atoms with Crippen LogP contribution < -0.4 is 0 Å². The van der Waals surface area contributed by atoms with Crippen molar-refractivity contribution in [3.05, 3.63) is 53.5 Å². The van der Waals surface area contributed by atoms with Crippen LogP contribution >= 0.6 is 0 Å². The fourth-order valence-electron chi connectivity index (χ4n) is 4.83. The number of carbonyl (C=O) groups is 1. The standard InChI is InChI=1S/C27H33N5O3/c1-16(2)23-20-12-18(22-14-31(9-10-34-22)26(33)35-27(4,5)6)7-8-21(20)30-24(23)19-11-17(3)25-28-15-29-32(25)13-19/h7-8,11-13,15-16,22,30H,9-10,14H2,1-6H3/t22-/m0/s1. The van der Waals surface area contributed by atoms with E-state index in [1.807, 2.05) is 31.5 Å². The van der Waals surface area contributed by atoms with Gasteiger partial charge in [0.1, 0.15) is 18.0 Å². The van der Waals surface area contributed by atoms with Crippen LogP contribution in [0.2, 0.25) is 0 Å². The molecule has 1 aliphatic rings. The number of pyridine rings is 1. The summed E-state index contributed by atoms with van der Waals surface area (Å²) in [6.07, 6.45) is 3.11. The summed E-state index contributed by atoms with van der Waals surface area (Å²) in [6, 6.07) is 8.55. The van der Waals surface area contributed by atoms with Crippen molar-refractivity contribution < 1.29 is 14.3 Å². The zero-order chi connectivity index (χ0) is 24.9. The monoisotopic (exact) mass is 475 g/mol. The Morgan fingerprint density at radius 2 is 2.06 bits per heavy atom. The molecule has 1 saturated heterocycles. The maximum absolute atomic E-state index is 12.6. The summed E-state index contributed by atoms with van der Waals surface area (Å²) < 4.78 is 13.5. The summed E-state index contributed by atoms with van der Waals surface area (Å²) in [4.78, 5) is 22.4. The molecule has 0 spiro atoms. The van der Waals surface area contributed by atoms with Gasteiger partial charge in [-0.05, 0) is 68.5 Å². The van der Waals surface area contributed by atoms with E-state index < -0.39 is 5.60 Å². The molecule has 1 fully saturated rings. The summed E-state index contributed by atoms with van der Waals surface area (Å²) >= 11 is 0. The van der Waals surface area contributed by atoms with Crippen molar-refractivity contribution in [2.24, 2.45) is 0 Å². The van der Waals surface area contributed by atoms with Gasteiger partial charge in [-0.3, -0.25) is 0 Å². The number of morpholine rings is 1. The van der Waals surface area contributed by atoms with Gasteiger partial charge < -0.3 is 19.4 Å². The maximum atomic E-state index is 12.6. The summed E-state index contributed by atoms with van der Waals surface area (Å²) in [7, 11) is 0. The first-order valence-corrected chi connectivity index (χ1v) is 12.2. The first kappa shape index (κ1) is 23.4. The number of aryl methyl sites for hydroxylation is 1. The fraction of sp³-hybridized carbons (Fsp3) is 0.444. The minimum Gasteiger partial charge on any atom is -0.444 e. The van der Waals surface area contributed by atoms with Crippen LogP contribution in [-0.4, -0.2) is 55.9 Å². The quantitative estimate of drug-likeness (QED) is 0.416. The van der Waals surface area contributed by atoms with Gasteiger partial charge in [-0.2, -0.15) is 5.10 Å². The number of amides is 1. The molecule has 4 aromatic rings. The Balaban J connectivity index is 1.51. The van der Waals surface area contributed by atoms with Crippen molar-refractivity contribution in [1.29, 1.82) is 0 Å². The van der Waals surface area contributed by atoms with Gasteiger partial charge >= 0.3 is 6.09 Å². The molecule has 1 aliphatic heterocycles. The highest BCUT2D eigenvalue weighted by atomic mass is 16.6. The van der Waals surface area contributed by atoms with Gasteiger partial charge in [0.2, 0.25) is 0 Å². The highest BCUT2D eigenvalue weighted by molar-refractivity contribution is 5.92. The number of rotatable bonds is 3. The molecule has 8 nitrogen and oxygen atoms in total. The van der Waals surface area contributed by atoms with Crippen LogP contribution in [0.3, 0.4) is 0 Å². The number of ether oxygens (including phenoxy) is 2. The average molecular weight is 476 g/mol. The lowest BCUT2D eigenvalue weighted by atomic mass is 9.94. The van der Waals surface area contributed by atoms with E-state index in [9.17, 15) is 4.79 Å². The predicted molar refractivity (Wildman–Crippen MR) is 136 cm³/mol. The van der Waals surface area contributed by atoms with Gasteiger partial charge in [0.05, 0.1) is 18.8 Å². The normalized spacial score (nSPS) is 17.0. The van der Waals surface area contributed by atoms with Crippen LogP contribution in [0.5, 0.6) is 0 Å². The van der Waals surface area contributed by atoms with Crippen molar-refractivity contribution in [3.63, 3.8) is 0 Å². The first-order valence-electron chi connectivity index (χ1n) is 12.2. The minimum atomic E-state index is -0.523. The fourth-order valence-corrected chi connectivity index (χ4v) is 4.83. The van der Waals surface area contributed by atoms with Gasteiger partial charge in [0.15, 0.2) is 5.65 Å². The number of fused-ring (bicyclic) bond motifs is 2. The van der Waals surface area contributed by atoms with E-state index in [0.717, 1.165) is 33.5 Å². The molecule has 5 rings (SSSR count). The first-order chi connectivity index (χ1) is 16.6. The largest absolute Gasteiger partial charge is 0.444 e. The Kier molecular flexibility index (Phi) is 5.79. The molecule has 0 radical (unpaired) electrons. The SMILES string of the molecule is Cc1cc(-c2[nH]c3ccc([C@@H]4CN(C(=O)OC(C)(C)C)CCO4)cc3c2C(C)C)cn2ncnc12. The smallest absolute Gasteiger partial charge is 0.410 e. The highest BCUT2D eigenvalue weighted by Crippen LogP contribution is 2.38. The number of nitrogens with one attached hydrogen (secondary N) is 1. The van der Waals surface area contributed by atoms with E-state index in [4.69, 9.17) is 9.47 Å². The summed E-state index contributed by atoms with van der Waals surface area (Å²) in [5.41, 5.74) is 6.96. The molecule has 3 aromatic heterocycles. The van der Waals surface area contributed by atoms with E-state index in [2.05, 4.69) is 60.1 Å². The second kappa shape index (κ2) is 8.68. The lowest BCUT2D eigenvalue weighted by Crippen LogP contribution is -2.44. The van der Waals surface area contributed by atoms with E-state index >= 15 is 0 Å². The van der Waals surface area contributed by atoms with Crippen molar-refractivity contribution >= 4 is 22.6 Å². The van der Waals surface area contributed by atoms with Crippen LogP contribution in [0.4, 0.5) is 4.79 Å². The molecule has 1 atom stereocenters. The third kappa shape index (κ3) is 4.50. The van der Waals surface area contributed by atoms with E-state index in [1.54, 1.807) is 11.2 Å². The topological polar surface area (TPSA) is 84.8 Å². The second-order valence-electron chi connectivity index (χ2n) is 10.6. The molecule has 184 valence electrons. The van der Waals surface area contributed by atoms with Gasteiger partial charge in [0.25, 0.3) is 0 Å². The molecule has 1 amide bonds. The number of benzene rings is 1. The predicted octanol–water partition coefficient (Wildman–Crippen LogP) is 5.62. The van der Waals surface area contributed by atoms with E-state index in [1.165, 1.54) is 10.9 Å². The Morgan fingerprint density at radius 1 is 1.26 bits per heavy atom. The lowest BCUT2D eigenvalue weighted by molar-refractivity contribution is -0.0432. The third-order valence-corrected chi connectivity index (χ3v) is 6.38. The number of nitrogens with zero attached hydrogens (tertiary/aromatic N) is 4. The minimum absolute atomic E-state index is 0.201. The van der Waals surface area contributed by atoms with Crippen LogP contribution in [0.25, 0.3) is 27.8 Å². The summed E-state index contributed by atoms with van der Waals surface area (Å²) in [5, 5.41) is 5.51. The summed E-state index contributed by atoms with van der Waals surface area (Å²) in [6.45, 7) is 13.6.